The summed E-state index contributed by atoms with van der Waals surface area (Å²) in [5.41, 5.74) is 2.27. The van der Waals surface area contributed by atoms with Crippen LogP contribution in [0.25, 0.3) is 0 Å². The van der Waals surface area contributed by atoms with E-state index < -0.39 is 10.0 Å². The average molecular weight is 339 g/mol. The Morgan fingerprint density at radius 3 is 2.64 bits per heavy atom. The maximum atomic E-state index is 12.4. The molecule has 0 bridgehead atoms. The largest absolute Gasteiger partial charge is 0.321 e. The Morgan fingerprint density at radius 1 is 1.32 bits per heavy atom. The Kier molecular flexibility index (Phi) is 4.82. The van der Waals surface area contributed by atoms with Crippen molar-refractivity contribution in [2.24, 2.45) is 0 Å². The third-order valence-electron chi connectivity index (χ3n) is 2.92. The summed E-state index contributed by atoms with van der Waals surface area (Å²) in [5, 5.41) is 3.04. The molecule has 0 unspecified atom stereocenters. The van der Waals surface area contributed by atoms with Gasteiger partial charge in [-0.05, 0) is 25.0 Å². The van der Waals surface area contributed by atoms with E-state index in [2.05, 4.69) is 15.0 Å². The van der Waals surface area contributed by atoms with E-state index in [9.17, 15) is 13.2 Å². The molecule has 2 aromatic rings. The number of nitrogens with one attached hydrogen (secondary N) is 2. The van der Waals surface area contributed by atoms with E-state index in [1.165, 1.54) is 0 Å². The second-order valence-electron chi connectivity index (χ2n) is 4.77. The SMILES string of the molecule is CCc1ccccc1NC(=O)c1sc(NS(C)(=O)=O)nc1C. The molecule has 0 aliphatic rings. The van der Waals surface area contributed by atoms with Gasteiger partial charge >= 0.3 is 0 Å². The van der Waals surface area contributed by atoms with E-state index >= 15 is 0 Å². The number of thiazole rings is 1. The number of hydrogen-bond acceptors (Lipinski definition) is 5. The standard InChI is InChI=1S/C14H17N3O3S2/c1-4-10-7-5-6-8-11(10)16-13(18)12-9(2)15-14(21-12)17-22(3,19)20/h5-8H,4H2,1-3H3,(H,15,17)(H,16,18). The molecule has 8 heteroatoms. The van der Waals surface area contributed by atoms with Crippen LogP contribution < -0.4 is 10.0 Å². The van der Waals surface area contributed by atoms with Crippen molar-refractivity contribution >= 4 is 38.1 Å². The minimum Gasteiger partial charge on any atom is -0.321 e. The first-order chi connectivity index (χ1) is 10.3. The third kappa shape index (κ3) is 4.05. The molecular formula is C14H17N3O3S2. The first-order valence-electron chi connectivity index (χ1n) is 6.64. The zero-order chi connectivity index (χ0) is 16.3. The Hall–Kier alpha value is -1.93. The number of aromatic nitrogens is 1. The van der Waals surface area contributed by atoms with Gasteiger partial charge < -0.3 is 5.32 Å². The van der Waals surface area contributed by atoms with Crippen LogP contribution in [0.4, 0.5) is 10.8 Å². The van der Waals surface area contributed by atoms with E-state index in [0.717, 1.165) is 35.3 Å². The number of para-hydroxylation sites is 1. The lowest BCUT2D eigenvalue weighted by atomic mass is 10.1. The van der Waals surface area contributed by atoms with Crippen LogP contribution in [0.3, 0.4) is 0 Å². The lowest BCUT2D eigenvalue weighted by molar-refractivity contribution is 0.102. The Morgan fingerprint density at radius 2 is 2.00 bits per heavy atom. The maximum Gasteiger partial charge on any atom is 0.267 e. The number of carbonyl (C=O) groups excluding carboxylic acids is 1. The molecule has 0 aliphatic heterocycles. The number of carbonyl (C=O) groups is 1. The van der Waals surface area contributed by atoms with Crippen molar-refractivity contribution in [3.8, 4) is 0 Å². The van der Waals surface area contributed by atoms with Gasteiger partial charge in [0.2, 0.25) is 10.0 Å². The van der Waals surface area contributed by atoms with Gasteiger partial charge in [-0.15, -0.1) is 0 Å². The molecule has 1 amide bonds. The van der Waals surface area contributed by atoms with Crippen molar-refractivity contribution < 1.29 is 13.2 Å². The van der Waals surface area contributed by atoms with E-state index in [1.807, 2.05) is 31.2 Å². The van der Waals surface area contributed by atoms with Gasteiger partial charge in [-0.25, -0.2) is 13.4 Å². The van der Waals surface area contributed by atoms with Crippen LogP contribution >= 0.6 is 11.3 Å². The minimum absolute atomic E-state index is 0.189. The van der Waals surface area contributed by atoms with Gasteiger partial charge in [0.15, 0.2) is 5.13 Å². The molecular weight excluding hydrogens is 322 g/mol. The summed E-state index contributed by atoms with van der Waals surface area (Å²) in [4.78, 5) is 16.8. The molecule has 2 N–H and O–H groups in total. The molecule has 0 saturated heterocycles. The smallest absolute Gasteiger partial charge is 0.267 e. The number of nitrogens with zero attached hydrogens (tertiary/aromatic N) is 1. The molecule has 1 aromatic heterocycles. The monoisotopic (exact) mass is 339 g/mol. The van der Waals surface area contributed by atoms with E-state index in [4.69, 9.17) is 0 Å². The number of aryl methyl sites for hydroxylation is 2. The summed E-state index contributed by atoms with van der Waals surface area (Å²) in [7, 11) is -3.41. The lowest BCUT2D eigenvalue weighted by Crippen LogP contribution is -2.12. The van der Waals surface area contributed by atoms with Gasteiger partial charge in [0.05, 0.1) is 11.9 Å². The van der Waals surface area contributed by atoms with Gasteiger partial charge in [0.1, 0.15) is 4.88 Å². The van der Waals surface area contributed by atoms with Crippen molar-refractivity contribution in [3.05, 3.63) is 40.4 Å². The highest BCUT2D eigenvalue weighted by molar-refractivity contribution is 7.92. The predicted molar refractivity (Wildman–Crippen MR) is 89.1 cm³/mol. The molecule has 6 nitrogen and oxygen atoms in total. The lowest BCUT2D eigenvalue weighted by Gasteiger charge is -2.08. The number of sulfonamides is 1. The number of benzene rings is 1. The second kappa shape index (κ2) is 6.45. The van der Waals surface area contributed by atoms with Crippen LogP contribution in [0.2, 0.25) is 0 Å². The van der Waals surface area contributed by atoms with Gasteiger partial charge in [-0.3, -0.25) is 9.52 Å². The number of hydrogen-bond donors (Lipinski definition) is 2. The normalized spacial score (nSPS) is 11.2. The predicted octanol–water partition coefficient (Wildman–Crippen LogP) is 2.64. The van der Waals surface area contributed by atoms with E-state index in [-0.39, 0.29) is 11.0 Å². The Labute approximate surface area is 133 Å². The molecule has 1 heterocycles. The second-order valence-corrected chi connectivity index (χ2v) is 7.52. The molecule has 0 spiro atoms. The highest BCUT2D eigenvalue weighted by Crippen LogP contribution is 2.25. The Bertz CT molecular complexity index is 797. The quantitative estimate of drug-likeness (QED) is 0.876. The molecule has 0 fully saturated rings. The number of rotatable bonds is 5. The number of amides is 1. The number of anilines is 2. The zero-order valence-corrected chi connectivity index (χ0v) is 14.1. The molecule has 0 atom stereocenters. The fourth-order valence-corrected chi connectivity index (χ4v) is 3.64. The highest BCUT2D eigenvalue weighted by atomic mass is 32.2. The molecule has 22 heavy (non-hydrogen) atoms. The molecule has 0 aliphatic carbocycles. The summed E-state index contributed by atoms with van der Waals surface area (Å²) in [6.07, 6.45) is 1.85. The fraction of sp³-hybridized carbons (Fsp3) is 0.286. The van der Waals surface area contributed by atoms with Gasteiger partial charge in [-0.2, -0.15) is 0 Å². The molecule has 0 radical (unpaired) electrons. The zero-order valence-electron chi connectivity index (χ0n) is 12.5. The van der Waals surface area contributed by atoms with Crippen LogP contribution in [0.1, 0.15) is 27.9 Å². The molecule has 118 valence electrons. The van der Waals surface area contributed by atoms with Crippen molar-refractivity contribution in [2.45, 2.75) is 20.3 Å². The first-order valence-corrected chi connectivity index (χ1v) is 9.35. The van der Waals surface area contributed by atoms with Crippen LogP contribution in [0, 0.1) is 6.92 Å². The molecule has 0 saturated carbocycles. The fourth-order valence-electron chi connectivity index (χ4n) is 1.94. The van der Waals surface area contributed by atoms with Gasteiger partial charge in [0, 0.05) is 5.69 Å². The highest BCUT2D eigenvalue weighted by Gasteiger charge is 2.17. The first kappa shape index (κ1) is 16.4. The molecule has 1 aromatic carbocycles. The Balaban J connectivity index is 2.23. The van der Waals surface area contributed by atoms with Crippen LogP contribution in [-0.4, -0.2) is 25.6 Å². The van der Waals surface area contributed by atoms with Crippen LogP contribution in [0.5, 0.6) is 0 Å². The maximum absolute atomic E-state index is 12.4. The average Bonchev–Trinajstić information content (AvgIpc) is 2.78. The molecule has 2 rings (SSSR count). The van der Waals surface area contributed by atoms with E-state index in [0.29, 0.717) is 10.6 Å². The topological polar surface area (TPSA) is 88.2 Å². The van der Waals surface area contributed by atoms with Gasteiger partial charge in [0.25, 0.3) is 5.91 Å². The van der Waals surface area contributed by atoms with Crippen molar-refractivity contribution in [1.29, 1.82) is 0 Å². The summed E-state index contributed by atoms with van der Waals surface area (Å²) in [6, 6.07) is 7.56. The van der Waals surface area contributed by atoms with E-state index in [1.54, 1.807) is 6.92 Å². The summed E-state index contributed by atoms with van der Waals surface area (Å²) >= 11 is 1.01. The van der Waals surface area contributed by atoms with Crippen LogP contribution in [-0.2, 0) is 16.4 Å². The third-order valence-corrected chi connectivity index (χ3v) is 4.69. The summed E-state index contributed by atoms with van der Waals surface area (Å²) in [6.45, 7) is 3.68. The van der Waals surface area contributed by atoms with Gasteiger partial charge in [-0.1, -0.05) is 36.5 Å². The summed E-state index contributed by atoms with van der Waals surface area (Å²) < 4.78 is 24.7. The van der Waals surface area contributed by atoms with Crippen LogP contribution in [0.15, 0.2) is 24.3 Å². The minimum atomic E-state index is -3.41. The summed E-state index contributed by atoms with van der Waals surface area (Å²) in [5.74, 6) is -0.294. The van der Waals surface area contributed by atoms with Crippen molar-refractivity contribution in [2.75, 3.05) is 16.3 Å². The van der Waals surface area contributed by atoms with Crippen molar-refractivity contribution in [3.63, 3.8) is 0 Å². The van der Waals surface area contributed by atoms with Crippen molar-refractivity contribution in [1.82, 2.24) is 4.98 Å².